The maximum Gasteiger partial charge on any atom is 0.246 e. The van der Waals surface area contributed by atoms with Crippen LogP contribution in [0.2, 0.25) is 0 Å². The molecule has 126 valence electrons. The Morgan fingerprint density at radius 3 is 2.65 bits per heavy atom. The van der Waals surface area contributed by atoms with Crippen molar-refractivity contribution in [3.05, 3.63) is 29.2 Å². The summed E-state index contributed by atoms with van der Waals surface area (Å²) in [5, 5.41) is 12.6. The Kier molecular flexibility index (Phi) is 4.50. The molecule has 1 fully saturated rings. The lowest BCUT2D eigenvalue weighted by molar-refractivity contribution is -0.0918. The van der Waals surface area contributed by atoms with Gasteiger partial charge in [0.1, 0.15) is 6.10 Å². The van der Waals surface area contributed by atoms with Crippen molar-refractivity contribution in [2.24, 2.45) is 0 Å². The molecule has 0 spiro atoms. The van der Waals surface area contributed by atoms with Gasteiger partial charge >= 0.3 is 0 Å². The summed E-state index contributed by atoms with van der Waals surface area (Å²) in [6, 6.07) is 0.375. The first-order valence-electron chi connectivity index (χ1n) is 8.15. The van der Waals surface area contributed by atoms with Gasteiger partial charge in [0.15, 0.2) is 0 Å². The van der Waals surface area contributed by atoms with Crippen LogP contribution in [0.4, 0.5) is 0 Å². The van der Waals surface area contributed by atoms with E-state index in [1.54, 1.807) is 6.92 Å². The SMILES string of the molecule is Cc1nnc([C@H]2CN(Cc3cn(C(C)C)nc3C)C[C@@H](C)O2)o1. The monoisotopic (exact) mass is 319 g/mol. The minimum absolute atomic E-state index is 0.126. The lowest BCUT2D eigenvalue weighted by atomic mass is 10.1. The zero-order valence-corrected chi connectivity index (χ0v) is 14.5. The van der Waals surface area contributed by atoms with Crippen molar-refractivity contribution < 1.29 is 9.15 Å². The van der Waals surface area contributed by atoms with Crippen molar-refractivity contribution in [3.63, 3.8) is 0 Å². The van der Waals surface area contributed by atoms with Crippen LogP contribution >= 0.6 is 0 Å². The maximum absolute atomic E-state index is 5.97. The predicted octanol–water partition coefficient (Wildman–Crippen LogP) is 2.43. The maximum atomic E-state index is 5.97. The normalized spacial score (nSPS) is 22.9. The molecule has 0 bridgehead atoms. The Labute approximate surface area is 136 Å². The number of aryl methyl sites for hydroxylation is 2. The predicted molar refractivity (Wildman–Crippen MR) is 84.9 cm³/mol. The van der Waals surface area contributed by atoms with Gasteiger partial charge in [-0.05, 0) is 27.7 Å². The fourth-order valence-electron chi connectivity index (χ4n) is 2.93. The van der Waals surface area contributed by atoms with Crippen LogP contribution in [0, 0.1) is 13.8 Å². The molecule has 3 heterocycles. The molecule has 2 aromatic rings. The van der Waals surface area contributed by atoms with Crippen LogP contribution in [0.25, 0.3) is 0 Å². The van der Waals surface area contributed by atoms with Crippen molar-refractivity contribution in [3.8, 4) is 0 Å². The minimum Gasteiger partial charge on any atom is -0.423 e. The highest BCUT2D eigenvalue weighted by Crippen LogP contribution is 2.26. The molecule has 0 amide bonds. The van der Waals surface area contributed by atoms with Crippen LogP contribution in [0.3, 0.4) is 0 Å². The van der Waals surface area contributed by atoms with Crippen LogP contribution in [0.15, 0.2) is 10.6 Å². The third-order valence-corrected chi connectivity index (χ3v) is 4.09. The Morgan fingerprint density at radius 1 is 1.26 bits per heavy atom. The molecular weight excluding hydrogens is 294 g/mol. The van der Waals surface area contributed by atoms with E-state index in [2.05, 4.69) is 54.1 Å². The van der Waals surface area contributed by atoms with E-state index >= 15 is 0 Å². The third kappa shape index (κ3) is 3.61. The summed E-state index contributed by atoms with van der Waals surface area (Å²) in [7, 11) is 0. The van der Waals surface area contributed by atoms with E-state index in [0.29, 0.717) is 17.8 Å². The first-order valence-corrected chi connectivity index (χ1v) is 8.15. The summed E-state index contributed by atoms with van der Waals surface area (Å²) in [6.07, 6.45) is 2.10. The van der Waals surface area contributed by atoms with Crippen molar-refractivity contribution in [2.45, 2.75) is 59.4 Å². The van der Waals surface area contributed by atoms with Gasteiger partial charge in [0.2, 0.25) is 11.8 Å². The molecule has 1 aliphatic rings. The van der Waals surface area contributed by atoms with Crippen molar-refractivity contribution >= 4 is 0 Å². The largest absolute Gasteiger partial charge is 0.423 e. The lowest BCUT2D eigenvalue weighted by Crippen LogP contribution is -2.42. The second-order valence-corrected chi connectivity index (χ2v) is 6.60. The van der Waals surface area contributed by atoms with Gasteiger partial charge in [0, 0.05) is 44.4 Å². The van der Waals surface area contributed by atoms with Gasteiger partial charge in [-0.3, -0.25) is 9.58 Å². The molecule has 0 aliphatic carbocycles. The van der Waals surface area contributed by atoms with Crippen LogP contribution in [-0.2, 0) is 11.3 Å². The van der Waals surface area contributed by atoms with Gasteiger partial charge in [-0.25, -0.2) is 0 Å². The minimum atomic E-state index is -0.166. The van der Waals surface area contributed by atoms with Gasteiger partial charge in [-0.2, -0.15) is 5.10 Å². The summed E-state index contributed by atoms with van der Waals surface area (Å²) in [4.78, 5) is 2.37. The highest BCUT2D eigenvalue weighted by molar-refractivity contribution is 5.16. The van der Waals surface area contributed by atoms with Crippen LogP contribution in [0.5, 0.6) is 0 Å². The van der Waals surface area contributed by atoms with Crippen molar-refractivity contribution in [1.82, 2.24) is 24.9 Å². The average molecular weight is 319 g/mol. The van der Waals surface area contributed by atoms with E-state index in [-0.39, 0.29) is 12.2 Å². The molecular formula is C16H25N5O2. The number of hydrogen-bond acceptors (Lipinski definition) is 6. The second-order valence-electron chi connectivity index (χ2n) is 6.60. The second kappa shape index (κ2) is 6.41. The molecule has 0 saturated carbocycles. The standard InChI is InChI=1S/C16H25N5O2/c1-10(2)21-8-14(12(4)19-21)7-20-6-11(3)22-15(9-20)16-18-17-13(5)23-16/h8,10-11,15H,6-7,9H2,1-5H3/t11-,15-/m1/s1. The Morgan fingerprint density at radius 2 is 2.04 bits per heavy atom. The van der Waals surface area contributed by atoms with Crippen molar-refractivity contribution in [1.29, 1.82) is 0 Å². The Hall–Kier alpha value is -1.73. The molecule has 0 radical (unpaired) electrons. The molecule has 7 heteroatoms. The molecule has 2 aromatic heterocycles. The number of ether oxygens (including phenoxy) is 1. The van der Waals surface area contributed by atoms with Crippen LogP contribution in [-0.4, -0.2) is 44.1 Å². The van der Waals surface area contributed by atoms with E-state index in [9.17, 15) is 0 Å². The molecule has 1 aliphatic heterocycles. The smallest absolute Gasteiger partial charge is 0.246 e. The highest BCUT2D eigenvalue weighted by atomic mass is 16.5. The number of nitrogens with zero attached hydrogens (tertiary/aromatic N) is 5. The summed E-state index contributed by atoms with van der Waals surface area (Å²) < 4.78 is 13.5. The summed E-state index contributed by atoms with van der Waals surface area (Å²) in [6.45, 7) is 12.7. The van der Waals surface area contributed by atoms with Gasteiger partial charge in [0.05, 0.1) is 11.8 Å². The molecule has 23 heavy (non-hydrogen) atoms. The highest BCUT2D eigenvalue weighted by Gasteiger charge is 2.30. The van der Waals surface area contributed by atoms with Gasteiger partial charge in [-0.15, -0.1) is 10.2 Å². The summed E-state index contributed by atoms with van der Waals surface area (Å²) in [5.74, 6) is 1.14. The topological polar surface area (TPSA) is 69.2 Å². The average Bonchev–Trinajstić information content (AvgIpc) is 3.05. The quantitative estimate of drug-likeness (QED) is 0.862. The Balaban J connectivity index is 1.72. The molecule has 1 saturated heterocycles. The van der Waals surface area contributed by atoms with Crippen LogP contribution in [0.1, 0.15) is 56.0 Å². The first-order chi connectivity index (χ1) is 10.9. The number of rotatable bonds is 4. The molecule has 0 aromatic carbocycles. The van der Waals surface area contributed by atoms with E-state index in [0.717, 1.165) is 25.3 Å². The van der Waals surface area contributed by atoms with Crippen LogP contribution < -0.4 is 0 Å². The first kappa shape index (κ1) is 16.1. The van der Waals surface area contributed by atoms with Gasteiger partial charge in [-0.1, -0.05) is 0 Å². The molecule has 0 unspecified atom stereocenters. The lowest BCUT2D eigenvalue weighted by Gasteiger charge is -2.35. The third-order valence-electron chi connectivity index (χ3n) is 4.09. The fourth-order valence-corrected chi connectivity index (χ4v) is 2.93. The zero-order valence-electron chi connectivity index (χ0n) is 14.5. The van der Waals surface area contributed by atoms with E-state index in [4.69, 9.17) is 9.15 Å². The molecule has 7 nitrogen and oxygen atoms in total. The van der Waals surface area contributed by atoms with E-state index in [1.807, 2.05) is 4.68 Å². The summed E-state index contributed by atoms with van der Waals surface area (Å²) >= 11 is 0. The fraction of sp³-hybridized carbons (Fsp3) is 0.688. The number of hydrogen-bond donors (Lipinski definition) is 0. The van der Waals surface area contributed by atoms with Gasteiger partial charge < -0.3 is 9.15 Å². The van der Waals surface area contributed by atoms with Crippen molar-refractivity contribution in [2.75, 3.05) is 13.1 Å². The van der Waals surface area contributed by atoms with E-state index < -0.39 is 0 Å². The molecule has 0 N–H and O–H groups in total. The number of morpholine rings is 1. The number of aromatic nitrogens is 4. The summed E-state index contributed by atoms with van der Waals surface area (Å²) in [5.41, 5.74) is 2.34. The zero-order chi connectivity index (χ0) is 16.6. The molecule has 2 atom stereocenters. The van der Waals surface area contributed by atoms with E-state index in [1.165, 1.54) is 5.56 Å². The Bertz CT molecular complexity index is 663. The molecule has 3 rings (SSSR count). The van der Waals surface area contributed by atoms with Gasteiger partial charge in [0.25, 0.3) is 0 Å².